The first-order chi connectivity index (χ1) is 8.17. The Morgan fingerprint density at radius 2 is 2.24 bits per heavy atom. The van der Waals surface area contributed by atoms with Gasteiger partial charge in [0.2, 0.25) is 0 Å². The number of pyridine rings is 1. The van der Waals surface area contributed by atoms with E-state index in [4.69, 9.17) is 11.6 Å². The second kappa shape index (κ2) is 5.16. The summed E-state index contributed by atoms with van der Waals surface area (Å²) in [5.74, 6) is 0.632. The molecule has 90 valence electrons. The molecule has 2 heterocycles. The van der Waals surface area contributed by atoms with Crippen molar-refractivity contribution in [3.05, 3.63) is 39.2 Å². The van der Waals surface area contributed by atoms with Crippen molar-refractivity contribution in [1.82, 2.24) is 14.8 Å². The van der Waals surface area contributed by atoms with Crippen LogP contribution in [0.3, 0.4) is 0 Å². The van der Waals surface area contributed by atoms with Gasteiger partial charge in [-0.25, -0.2) is 9.67 Å². The Morgan fingerprint density at radius 3 is 2.71 bits per heavy atom. The molecule has 17 heavy (non-hydrogen) atoms. The molecular formula is C11H11BrClN3O. The molecule has 0 spiro atoms. The van der Waals surface area contributed by atoms with Crippen molar-refractivity contribution in [3.8, 4) is 5.82 Å². The molecule has 4 nitrogen and oxygen atoms in total. The molecule has 2 aromatic rings. The van der Waals surface area contributed by atoms with Crippen molar-refractivity contribution >= 4 is 27.5 Å². The molecule has 0 aromatic carbocycles. The molecule has 0 aliphatic rings. The van der Waals surface area contributed by atoms with Crippen LogP contribution >= 0.6 is 27.5 Å². The van der Waals surface area contributed by atoms with Crippen LogP contribution in [0.25, 0.3) is 5.82 Å². The van der Waals surface area contributed by atoms with Crippen LogP contribution in [0.15, 0.2) is 22.8 Å². The zero-order valence-corrected chi connectivity index (χ0v) is 11.5. The van der Waals surface area contributed by atoms with Crippen molar-refractivity contribution in [2.24, 2.45) is 0 Å². The van der Waals surface area contributed by atoms with Gasteiger partial charge >= 0.3 is 0 Å². The van der Waals surface area contributed by atoms with Gasteiger partial charge in [-0.2, -0.15) is 5.10 Å². The monoisotopic (exact) mass is 315 g/mol. The highest BCUT2D eigenvalue weighted by Gasteiger charge is 2.15. The number of hydrogen-bond donors (Lipinski definition) is 1. The predicted molar refractivity (Wildman–Crippen MR) is 69.4 cm³/mol. The van der Waals surface area contributed by atoms with E-state index in [1.54, 1.807) is 10.9 Å². The SMILES string of the molecule is CCc1nn(-c2ccc(Br)cn2)c(Cl)c1CO. The van der Waals surface area contributed by atoms with E-state index in [0.717, 1.165) is 16.6 Å². The summed E-state index contributed by atoms with van der Waals surface area (Å²) in [7, 11) is 0. The molecule has 0 radical (unpaired) electrons. The summed E-state index contributed by atoms with van der Waals surface area (Å²) >= 11 is 9.49. The minimum absolute atomic E-state index is 0.113. The Kier molecular flexibility index (Phi) is 3.81. The molecule has 2 aromatic heterocycles. The number of nitrogens with zero attached hydrogens (tertiary/aromatic N) is 3. The van der Waals surface area contributed by atoms with E-state index in [2.05, 4.69) is 26.0 Å². The highest BCUT2D eigenvalue weighted by atomic mass is 79.9. The number of aliphatic hydroxyl groups excluding tert-OH is 1. The third kappa shape index (κ3) is 2.36. The van der Waals surface area contributed by atoms with Crippen molar-refractivity contribution in [2.75, 3.05) is 0 Å². The fourth-order valence-corrected chi connectivity index (χ4v) is 2.09. The van der Waals surface area contributed by atoms with E-state index >= 15 is 0 Å². The van der Waals surface area contributed by atoms with E-state index < -0.39 is 0 Å². The van der Waals surface area contributed by atoms with Gasteiger partial charge in [-0.3, -0.25) is 0 Å². The van der Waals surface area contributed by atoms with Gasteiger partial charge in [0.1, 0.15) is 5.15 Å². The van der Waals surface area contributed by atoms with Crippen molar-refractivity contribution in [3.63, 3.8) is 0 Å². The van der Waals surface area contributed by atoms with Gasteiger partial charge in [0.25, 0.3) is 0 Å². The quantitative estimate of drug-likeness (QED) is 0.947. The maximum atomic E-state index is 9.27. The van der Waals surface area contributed by atoms with Gasteiger partial charge in [0, 0.05) is 16.2 Å². The first kappa shape index (κ1) is 12.5. The molecule has 0 unspecified atom stereocenters. The normalized spacial score (nSPS) is 10.8. The summed E-state index contributed by atoms with van der Waals surface area (Å²) in [5.41, 5.74) is 1.46. The van der Waals surface area contributed by atoms with Crippen LogP contribution in [0.2, 0.25) is 5.15 Å². The Hall–Kier alpha value is -0.910. The predicted octanol–water partition coefficient (Wildman–Crippen LogP) is 2.74. The van der Waals surface area contributed by atoms with Gasteiger partial charge in [-0.15, -0.1) is 0 Å². The number of aromatic nitrogens is 3. The van der Waals surface area contributed by atoms with E-state index in [-0.39, 0.29) is 6.61 Å². The highest BCUT2D eigenvalue weighted by molar-refractivity contribution is 9.10. The molecule has 0 saturated heterocycles. The number of halogens is 2. The van der Waals surface area contributed by atoms with Crippen LogP contribution in [-0.4, -0.2) is 19.9 Å². The van der Waals surface area contributed by atoms with Crippen LogP contribution < -0.4 is 0 Å². The van der Waals surface area contributed by atoms with Crippen molar-refractivity contribution < 1.29 is 5.11 Å². The van der Waals surface area contributed by atoms with Crippen LogP contribution in [-0.2, 0) is 13.0 Å². The minimum Gasteiger partial charge on any atom is -0.391 e. The maximum absolute atomic E-state index is 9.27. The zero-order chi connectivity index (χ0) is 12.4. The molecule has 0 aliphatic heterocycles. The molecule has 1 N–H and O–H groups in total. The molecule has 0 bridgehead atoms. The fourth-order valence-electron chi connectivity index (χ4n) is 1.56. The first-order valence-corrected chi connectivity index (χ1v) is 6.33. The summed E-state index contributed by atoms with van der Waals surface area (Å²) in [6.45, 7) is 1.86. The molecule has 0 saturated carbocycles. The third-order valence-corrected chi connectivity index (χ3v) is 3.28. The standard InChI is InChI=1S/C11H11BrClN3O/c1-2-9-8(6-17)11(13)16(15-9)10-4-3-7(12)5-14-10/h3-5,17H,2,6H2,1H3. The number of rotatable bonds is 3. The molecule has 0 amide bonds. The molecule has 0 fully saturated rings. The largest absolute Gasteiger partial charge is 0.391 e. The Balaban J connectivity index is 2.52. The summed E-state index contributed by atoms with van der Waals surface area (Å²) in [4.78, 5) is 4.22. The average Bonchev–Trinajstić information content (AvgIpc) is 2.66. The third-order valence-electron chi connectivity index (χ3n) is 2.43. The Morgan fingerprint density at radius 1 is 1.47 bits per heavy atom. The summed E-state index contributed by atoms with van der Waals surface area (Å²) < 4.78 is 2.43. The lowest BCUT2D eigenvalue weighted by molar-refractivity contribution is 0.281. The van der Waals surface area contributed by atoms with Gasteiger partial charge in [0.15, 0.2) is 5.82 Å². The Bertz CT molecular complexity index is 524. The minimum atomic E-state index is -0.113. The van der Waals surface area contributed by atoms with Crippen LogP contribution in [0.5, 0.6) is 0 Å². The lowest BCUT2D eigenvalue weighted by Crippen LogP contribution is -1.99. The van der Waals surface area contributed by atoms with Crippen LogP contribution in [0.1, 0.15) is 18.2 Å². The topological polar surface area (TPSA) is 50.9 Å². The smallest absolute Gasteiger partial charge is 0.155 e. The van der Waals surface area contributed by atoms with E-state index in [1.807, 2.05) is 19.1 Å². The highest BCUT2D eigenvalue weighted by Crippen LogP contribution is 2.23. The van der Waals surface area contributed by atoms with Gasteiger partial charge in [0.05, 0.1) is 12.3 Å². The summed E-state index contributed by atoms with van der Waals surface area (Å²) in [6.07, 6.45) is 2.40. The van der Waals surface area contributed by atoms with E-state index in [0.29, 0.717) is 16.5 Å². The summed E-state index contributed by atoms with van der Waals surface area (Å²) in [6, 6.07) is 3.67. The van der Waals surface area contributed by atoms with Crippen LogP contribution in [0, 0.1) is 0 Å². The maximum Gasteiger partial charge on any atom is 0.155 e. The zero-order valence-electron chi connectivity index (χ0n) is 9.19. The van der Waals surface area contributed by atoms with E-state index in [1.165, 1.54) is 0 Å². The van der Waals surface area contributed by atoms with Gasteiger partial charge < -0.3 is 5.11 Å². The second-order valence-corrected chi connectivity index (χ2v) is 4.75. The molecule has 0 aliphatic carbocycles. The lowest BCUT2D eigenvalue weighted by Gasteiger charge is -2.01. The average molecular weight is 317 g/mol. The number of aliphatic hydroxyl groups is 1. The first-order valence-electron chi connectivity index (χ1n) is 5.16. The fraction of sp³-hybridized carbons (Fsp3) is 0.273. The molecule has 2 rings (SSSR count). The van der Waals surface area contributed by atoms with Crippen molar-refractivity contribution in [1.29, 1.82) is 0 Å². The molecular weight excluding hydrogens is 305 g/mol. The number of hydrogen-bond acceptors (Lipinski definition) is 3. The van der Waals surface area contributed by atoms with E-state index in [9.17, 15) is 5.11 Å². The number of aryl methyl sites for hydroxylation is 1. The second-order valence-electron chi connectivity index (χ2n) is 3.47. The van der Waals surface area contributed by atoms with Crippen LogP contribution in [0.4, 0.5) is 0 Å². The summed E-state index contributed by atoms with van der Waals surface area (Å²) in [5, 5.41) is 14.0. The Labute approximate surface area is 112 Å². The van der Waals surface area contributed by atoms with Gasteiger partial charge in [-0.05, 0) is 34.5 Å². The van der Waals surface area contributed by atoms with Crippen molar-refractivity contribution in [2.45, 2.75) is 20.0 Å². The molecule has 0 atom stereocenters. The van der Waals surface area contributed by atoms with Gasteiger partial charge in [-0.1, -0.05) is 18.5 Å². The lowest BCUT2D eigenvalue weighted by atomic mass is 10.2. The molecule has 6 heteroatoms.